The molecule has 0 spiro atoms. The van der Waals surface area contributed by atoms with Crippen LogP contribution >= 0.6 is 11.8 Å². The van der Waals surface area contributed by atoms with E-state index in [-0.39, 0.29) is 23.4 Å². The molecule has 6 nitrogen and oxygen atoms in total. The second-order valence-electron chi connectivity index (χ2n) is 6.60. The molecule has 0 aliphatic heterocycles. The number of hydrogen-bond donors (Lipinski definition) is 2. The van der Waals surface area contributed by atoms with Gasteiger partial charge in [0.2, 0.25) is 5.91 Å². The van der Waals surface area contributed by atoms with E-state index in [1.54, 1.807) is 24.9 Å². The minimum absolute atomic E-state index is 0.0159. The normalized spacial score (nSPS) is 14.4. The molecule has 1 fully saturated rings. The highest BCUT2D eigenvalue weighted by Crippen LogP contribution is 2.26. The summed E-state index contributed by atoms with van der Waals surface area (Å²) in [5.74, 6) is 1.24. The van der Waals surface area contributed by atoms with E-state index in [9.17, 15) is 9.59 Å². The van der Waals surface area contributed by atoms with Gasteiger partial charge in [0, 0.05) is 30.5 Å². The third-order valence-corrected chi connectivity index (χ3v) is 5.21. The molecule has 0 radical (unpaired) electrons. The monoisotopic (exact) mass is 372 g/mol. The lowest BCUT2D eigenvalue weighted by Crippen LogP contribution is -2.21. The van der Waals surface area contributed by atoms with Crippen molar-refractivity contribution >= 4 is 35.1 Å². The number of aromatic nitrogens is 2. The Kier molecular flexibility index (Phi) is 5.98. The Labute approximate surface area is 157 Å². The van der Waals surface area contributed by atoms with Crippen LogP contribution in [0.4, 0.5) is 11.5 Å². The number of nitrogens with one attached hydrogen (secondary N) is 2. The van der Waals surface area contributed by atoms with E-state index >= 15 is 0 Å². The Morgan fingerprint density at radius 1 is 1.23 bits per heavy atom. The fourth-order valence-electron chi connectivity index (χ4n) is 3.21. The predicted octanol–water partition coefficient (Wildman–Crippen LogP) is 3.66. The summed E-state index contributed by atoms with van der Waals surface area (Å²) in [4.78, 5) is 24.8. The highest BCUT2D eigenvalue weighted by molar-refractivity contribution is 7.97. The summed E-state index contributed by atoms with van der Waals surface area (Å²) in [6, 6.07) is 9.39. The van der Waals surface area contributed by atoms with Gasteiger partial charge in [-0.1, -0.05) is 25.0 Å². The molecule has 2 N–H and O–H groups in total. The molecule has 7 heteroatoms. The first-order chi connectivity index (χ1) is 12.6. The molecule has 2 amide bonds. The zero-order chi connectivity index (χ0) is 18.5. The molecule has 0 bridgehead atoms. The SMILES string of the molecule is CSCc1cccc(NC(=O)c2cc(NC(=O)C3CCCC3)n(C)n2)c1. The predicted molar refractivity (Wildman–Crippen MR) is 105 cm³/mol. The lowest BCUT2D eigenvalue weighted by Gasteiger charge is -2.09. The van der Waals surface area contributed by atoms with Gasteiger partial charge in [0.25, 0.3) is 5.91 Å². The molecule has 0 saturated heterocycles. The van der Waals surface area contributed by atoms with Gasteiger partial charge in [-0.2, -0.15) is 16.9 Å². The van der Waals surface area contributed by atoms with Gasteiger partial charge in [0.15, 0.2) is 5.69 Å². The standard InChI is InChI=1S/C19H24N4O2S/c1-23-17(21-18(24)14-7-3-4-8-14)11-16(22-23)19(25)20-15-9-5-6-13(10-15)12-26-2/h5-6,9-11,14H,3-4,7-8,12H2,1-2H3,(H,20,25)(H,21,24). The number of rotatable bonds is 6. The maximum absolute atomic E-state index is 12.5. The van der Waals surface area contributed by atoms with Gasteiger partial charge in [-0.05, 0) is 36.8 Å². The van der Waals surface area contributed by atoms with Crippen LogP contribution in [0.3, 0.4) is 0 Å². The summed E-state index contributed by atoms with van der Waals surface area (Å²) in [5, 5.41) is 10.00. The molecule has 1 aliphatic rings. The van der Waals surface area contributed by atoms with E-state index in [0.717, 1.165) is 42.7 Å². The van der Waals surface area contributed by atoms with Gasteiger partial charge in [0.1, 0.15) is 5.82 Å². The third-order valence-electron chi connectivity index (χ3n) is 4.59. The van der Waals surface area contributed by atoms with E-state index in [4.69, 9.17) is 0 Å². The molecule has 1 aromatic carbocycles. The molecule has 1 aliphatic carbocycles. The minimum atomic E-state index is -0.289. The number of hydrogen-bond acceptors (Lipinski definition) is 4. The number of nitrogens with zero attached hydrogens (tertiary/aromatic N) is 2. The number of anilines is 2. The zero-order valence-corrected chi connectivity index (χ0v) is 15.9. The molecular weight excluding hydrogens is 348 g/mol. The summed E-state index contributed by atoms with van der Waals surface area (Å²) in [7, 11) is 1.72. The van der Waals surface area contributed by atoms with Crippen molar-refractivity contribution in [2.24, 2.45) is 13.0 Å². The molecule has 1 aromatic heterocycles. The number of aryl methyl sites for hydroxylation is 1. The van der Waals surface area contributed by atoms with Gasteiger partial charge in [0.05, 0.1) is 0 Å². The van der Waals surface area contributed by atoms with Crippen LogP contribution in [0.25, 0.3) is 0 Å². The van der Waals surface area contributed by atoms with E-state index in [0.29, 0.717) is 5.82 Å². The average Bonchev–Trinajstić information content (AvgIpc) is 3.26. The van der Waals surface area contributed by atoms with Crippen molar-refractivity contribution < 1.29 is 9.59 Å². The van der Waals surface area contributed by atoms with Gasteiger partial charge in [-0.25, -0.2) is 0 Å². The van der Waals surface area contributed by atoms with Crippen molar-refractivity contribution in [3.05, 3.63) is 41.6 Å². The van der Waals surface area contributed by atoms with E-state index in [2.05, 4.69) is 15.7 Å². The second kappa shape index (κ2) is 8.40. The maximum atomic E-state index is 12.5. The topological polar surface area (TPSA) is 76.0 Å². The fraction of sp³-hybridized carbons (Fsp3) is 0.421. The van der Waals surface area contributed by atoms with Crippen LogP contribution in [0.2, 0.25) is 0 Å². The highest BCUT2D eigenvalue weighted by Gasteiger charge is 2.24. The molecule has 2 aromatic rings. The molecule has 0 unspecified atom stereocenters. The Morgan fingerprint density at radius 2 is 2.00 bits per heavy atom. The van der Waals surface area contributed by atoms with Gasteiger partial charge in [-0.15, -0.1) is 0 Å². The first kappa shape index (κ1) is 18.5. The van der Waals surface area contributed by atoms with Crippen LogP contribution in [0.1, 0.15) is 41.7 Å². The van der Waals surface area contributed by atoms with Crippen molar-refractivity contribution in [1.82, 2.24) is 9.78 Å². The summed E-state index contributed by atoms with van der Waals surface area (Å²) in [6.07, 6.45) is 6.12. The van der Waals surface area contributed by atoms with E-state index in [1.165, 1.54) is 4.68 Å². The summed E-state index contributed by atoms with van der Waals surface area (Å²) in [5.41, 5.74) is 2.18. The largest absolute Gasteiger partial charge is 0.321 e. The van der Waals surface area contributed by atoms with Gasteiger partial charge in [-0.3, -0.25) is 14.3 Å². The van der Waals surface area contributed by atoms with Crippen LogP contribution in [0.15, 0.2) is 30.3 Å². The lowest BCUT2D eigenvalue weighted by atomic mass is 10.1. The van der Waals surface area contributed by atoms with Crippen LogP contribution in [0.5, 0.6) is 0 Å². The molecule has 0 atom stereocenters. The zero-order valence-electron chi connectivity index (χ0n) is 15.1. The smallest absolute Gasteiger partial charge is 0.276 e. The Balaban J connectivity index is 1.66. The molecule has 3 rings (SSSR count). The Morgan fingerprint density at radius 3 is 2.73 bits per heavy atom. The summed E-state index contributed by atoms with van der Waals surface area (Å²) in [6.45, 7) is 0. The molecule has 138 valence electrons. The van der Waals surface area contributed by atoms with Crippen molar-refractivity contribution in [2.75, 3.05) is 16.9 Å². The molecule has 26 heavy (non-hydrogen) atoms. The Bertz CT molecular complexity index is 797. The van der Waals surface area contributed by atoms with Crippen molar-refractivity contribution in [3.63, 3.8) is 0 Å². The summed E-state index contributed by atoms with van der Waals surface area (Å²) >= 11 is 1.73. The summed E-state index contributed by atoms with van der Waals surface area (Å²) < 4.78 is 1.53. The molecule has 1 heterocycles. The maximum Gasteiger partial charge on any atom is 0.276 e. The average molecular weight is 372 g/mol. The van der Waals surface area contributed by atoms with Crippen molar-refractivity contribution in [2.45, 2.75) is 31.4 Å². The number of carbonyl (C=O) groups is 2. The molecular formula is C19H24N4O2S. The number of amides is 2. The van der Waals surface area contributed by atoms with Crippen molar-refractivity contribution in [3.8, 4) is 0 Å². The first-order valence-corrected chi connectivity index (χ1v) is 10.2. The first-order valence-electron chi connectivity index (χ1n) is 8.81. The van der Waals surface area contributed by atoms with Crippen LogP contribution in [0, 0.1) is 5.92 Å². The Hall–Kier alpha value is -2.28. The fourth-order valence-corrected chi connectivity index (χ4v) is 3.73. The van der Waals surface area contributed by atoms with Crippen molar-refractivity contribution in [1.29, 1.82) is 0 Å². The second-order valence-corrected chi connectivity index (χ2v) is 7.46. The number of benzene rings is 1. The third kappa shape index (κ3) is 4.46. The highest BCUT2D eigenvalue weighted by atomic mass is 32.2. The van der Waals surface area contributed by atoms with E-state index < -0.39 is 0 Å². The van der Waals surface area contributed by atoms with Gasteiger partial charge < -0.3 is 10.6 Å². The molecule has 1 saturated carbocycles. The number of thioether (sulfide) groups is 1. The van der Waals surface area contributed by atoms with Crippen LogP contribution < -0.4 is 10.6 Å². The minimum Gasteiger partial charge on any atom is -0.321 e. The quantitative estimate of drug-likeness (QED) is 0.811. The lowest BCUT2D eigenvalue weighted by molar-refractivity contribution is -0.119. The number of carbonyl (C=O) groups excluding carboxylic acids is 2. The van der Waals surface area contributed by atoms with Crippen LogP contribution in [-0.2, 0) is 17.6 Å². The van der Waals surface area contributed by atoms with Gasteiger partial charge >= 0.3 is 0 Å². The van der Waals surface area contributed by atoms with Crippen LogP contribution in [-0.4, -0.2) is 27.9 Å². The van der Waals surface area contributed by atoms with E-state index in [1.807, 2.05) is 30.5 Å².